The van der Waals surface area contributed by atoms with E-state index in [9.17, 15) is 4.79 Å². The number of primary amides is 1. The first-order valence-corrected chi connectivity index (χ1v) is 7.64. The van der Waals surface area contributed by atoms with E-state index in [2.05, 4.69) is 15.9 Å². The van der Waals surface area contributed by atoms with Crippen LogP contribution >= 0.6 is 15.9 Å². The van der Waals surface area contributed by atoms with Gasteiger partial charge in [0, 0.05) is 15.9 Å². The van der Waals surface area contributed by atoms with Crippen molar-refractivity contribution in [3.63, 3.8) is 0 Å². The number of hydrogen-bond acceptors (Lipinski definition) is 2. The van der Waals surface area contributed by atoms with Crippen molar-refractivity contribution in [2.75, 3.05) is 0 Å². The molecule has 0 radical (unpaired) electrons. The first kappa shape index (κ1) is 14.7. The van der Waals surface area contributed by atoms with Crippen LogP contribution in [0.25, 0.3) is 11.3 Å². The van der Waals surface area contributed by atoms with E-state index >= 15 is 0 Å². The van der Waals surface area contributed by atoms with Gasteiger partial charge in [-0.2, -0.15) is 0 Å². The lowest BCUT2D eigenvalue weighted by Crippen LogP contribution is -2.12. The largest absolute Gasteiger partial charge is 0.467 e. The fourth-order valence-corrected chi connectivity index (χ4v) is 2.94. The lowest BCUT2D eigenvalue weighted by molar-refractivity contribution is 0.0999. The molecule has 0 saturated heterocycles. The van der Waals surface area contributed by atoms with Gasteiger partial charge >= 0.3 is 0 Å². The van der Waals surface area contributed by atoms with Crippen LogP contribution in [0, 0.1) is 6.92 Å². The predicted octanol–water partition coefficient (Wildman–Crippen LogP) is 3.97. The number of aromatic nitrogens is 1. The number of carbonyl (C=O) groups excluding carboxylic acids is 1. The van der Waals surface area contributed by atoms with E-state index in [1.54, 1.807) is 6.26 Å². The Bertz CT molecular complexity index is 819. The highest BCUT2D eigenvalue weighted by Crippen LogP contribution is 2.28. The fourth-order valence-electron chi connectivity index (χ4n) is 2.54. The van der Waals surface area contributed by atoms with Crippen LogP contribution in [0.15, 0.2) is 57.6 Å². The normalized spacial score (nSPS) is 10.8. The molecule has 0 unspecified atom stereocenters. The maximum Gasteiger partial charge on any atom is 0.250 e. The van der Waals surface area contributed by atoms with Crippen molar-refractivity contribution in [2.45, 2.75) is 13.5 Å². The van der Waals surface area contributed by atoms with Gasteiger partial charge in [0.15, 0.2) is 0 Å². The molecular formula is C17H15BrN2O2. The van der Waals surface area contributed by atoms with E-state index in [4.69, 9.17) is 10.2 Å². The van der Waals surface area contributed by atoms with E-state index < -0.39 is 5.91 Å². The molecule has 0 aliphatic carbocycles. The van der Waals surface area contributed by atoms with Crippen molar-refractivity contribution in [3.8, 4) is 11.3 Å². The third-order valence-electron chi connectivity index (χ3n) is 3.65. The standard InChI is InChI=1S/C17H15BrN2O2/c1-11-15(17(19)21)9-16(12-4-2-5-13(18)8-12)20(11)10-14-6-3-7-22-14/h2-9H,10H2,1H3,(H2,19,21). The van der Waals surface area contributed by atoms with Crippen LogP contribution in [0.3, 0.4) is 0 Å². The first-order chi connectivity index (χ1) is 10.6. The summed E-state index contributed by atoms with van der Waals surface area (Å²) in [5.74, 6) is 0.401. The number of carbonyl (C=O) groups is 1. The zero-order chi connectivity index (χ0) is 15.7. The Balaban J connectivity index is 2.15. The Morgan fingerprint density at radius 1 is 1.27 bits per heavy atom. The van der Waals surface area contributed by atoms with Gasteiger partial charge in [-0.1, -0.05) is 28.1 Å². The van der Waals surface area contributed by atoms with Crippen molar-refractivity contribution in [1.29, 1.82) is 0 Å². The molecule has 1 amide bonds. The van der Waals surface area contributed by atoms with Crippen LogP contribution in [-0.4, -0.2) is 10.5 Å². The van der Waals surface area contributed by atoms with Crippen LogP contribution in [0.4, 0.5) is 0 Å². The molecule has 0 saturated carbocycles. The van der Waals surface area contributed by atoms with Crippen LogP contribution in [-0.2, 0) is 6.54 Å². The van der Waals surface area contributed by atoms with Crippen molar-refractivity contribution < 1.29 is 9.21 Å². The fraction of sp³-hybridized carbons (Fsp3) is 0.118. The second-order valence-electron chi connectivity index (χ2n) is 5.07. The summed E-state index contributed by atoms with van der Waals surface area (Å²) in [5.41, 5.74) is 8.80. The molecule has 0 aliphatic rings. The molecule has 112 valence electrons. The van der Waals surface area contributed by atoms with E-state index in [0.29, 0.717) is 12.1 Å². The van der Waals surface area contributed by atoms with Gasteiger partial charge < -0.3 is 14.7 Å². The third-order valence-corrected chi connectivity index (χ3v) is 4.14. The molecule has 2 N–H and O–H groups in total. The number of nitrogens with two attached hydrogens (primary N) is 1. The number of nitrogens with zero attached hydrogens (tertiary/aromatic N) is 1. The zero-order valence-electron chi connectivity index (χ0n) is 12.0. The third kappa shape index (κ3) is 2.72. The van der Waals surface area contributed by atoms with E-state index in [0.717, 1.165) is 27.2 Å². The van der Waals surface area contributed by atoms with Crippen LogP contribution in [0.5, 0.6) is 0 Å². The van der Waals surface area contributed by atoms with E-state index in [1.807, 2.05) is 54.0 Å². The summed E-state index contributed by atoms with van der Waals surface area (Å²) >= 11 is 3.48. The molecule has 2 heterocycles. The highest BCUT2D eigenvalue weighted by atomic mass is 79.9. The molecule has 0 atom stereocenters. The molecule has 3 rings (SSSR count). The number of hydrogen-bond donors (Lipinski definition) is 1. The molecule has 1 aromatic carbocycles. The van der Waals surface area contributed by atoms with Gasteiger partial charge in [0.25, 0.3) is 5.91 Å². The number of halogens is 1. The second-order valence-corrected chi connectivity index (χ2v) is 5.98. The summed E-state index contributed by atoms with van der Waals surface area (Å²) in [6.45, 7) is 2.44. The summed E-state index contributed by atoms with van der Waals surface area (Å²) in [6.07, 6.45) is 1.64. The SMILES string of the molecule is Cc1c(C(N)=O)cc(-c2cccc(Br)c2)n1Cc1ccco1. The van der Waals surface area contributed by atoms with Crippen molar-refractivity contribution in [1.82, 2.24) is 4.57 Å². The van der Waals surface area contributed by atoms with Gasteiger partial charge in [0.05, 0.1) is 18.4 Å². The molecule has 0 bridgehead atoms. The smallest absolute Gasteiger partial charge is 0.250 e. The second kappa shape index (κ2) is 5.85. The first-order valence-electron chi connectivity index (χ1n) is 6.84. The highest BCUT2D eigenvalue weighted by molar-refractivity contribution is 9.10. The minimum absolute atomic E-state index is 0.424. The lowest BCUT2D eigenvalue weighted by atomic mass is 10.1. The average Bonchev–Trinajstić information content (AvgIpc) is 3.09. The molecular weight excluding hydrogens is 344 g/mol. The van der Waals surface area contributed by atoms with Crippen LogP contribution < -0.4 is 5.73 Å². The van der Waals surface area contributed by atoms with E-state index in [1.165, 1.54) is 0 Å². The maximum atomic E-state index is 11.7. The summed E-state index contributed by atoms with van der Waals surface area (Å²) in [5, 5.41) is 0. The van der Waals surface area contributed by atoms with Crippen LogP contribution in [0.2, 0.25) is 0 Å². The molecule has 3 aromatic rings. The van der Waals surface area contributed by atoms with Gasteiger partial charge in [0.1, 0.15) is 5.76 Å². The number of benzene rings is 1. The van der Waals surface area contributed by atoms with Gasteiger partial charge in [0.2, 0.25) is 0 Å². The molecule has 22 heavy (non-hydrogen) atoms. The Morgan fingerprint density at radius 3 is 2.73 bits per heavy atom. The molecule has 2 aromatic heterocycles. The Kier molecular flexibility index (Phi) is 3.90. The average molecular weight is 359 g/mol. The predicted molar refractivity (Wildman–Crippen MR) is 88.6 cm³/mol. The number of furan rings is 1. The quantitative estimate of drug-likeness (QED) is 0.766. The molecule has 4 nitrogen and oxygen atoms in total. The monoisotopic (exact) mass is 358 g/mol. The highest BCUT2D eigenvalue weighted by Gasteiger charge is 2.17. The van der Waals surface area contributed by atoms with Gasteiger partial charge in [-0.05, 0) is 42.8 Å². The molecule has 0 fully saturated rings. The minimum Gasteiger partial charge on any atom is -0.467 e. The Labute approximate surface area is 136 Å². The summed E-state index contributed by atoms with van der Waals surface area (Å²) in [4.78, 5) is 11.7. The summed E-state index contributed by atoms with van der Waals surface area (Å²) in [6, 6.07) is 13.5. The molecule has 0 spiro atoms. The molecule has 0 aliphatic heterocycles. The summed E-state index contributed by atoms with van der Waals surface area (Å²) in [7, 11) is 0. The van der Waals surface area contributed by atoms with Crippen molar-refractivity contribution >= 4 is 21.8 Å². The maximum absolute atomic E-state index is 11.7. The minimum atomic E-state index is -0.424. The van der Waals surface area contributed by atoms with Crippen LogP contribution in [0.1, 0.15) is 21.8 Å². The lowest BCUT2D eigenvalue weighted by Gasteiger charge is -2.11. The summed E-state index contributed by atoms with van der Waals surface area (Å²) < 4.78 is 8.45. The Hall–Kier alpha value is -2.27. The topological polar surface area (TPSA) is 61.2 Å². The number of amides is 1. The van der Waals surface area contributed by atoms with Crippen molar-refractivity contribution in [3.05, 3.63) is 70.2 Å². The zero-order valence-corrected chi connectivity index (χ0v) is 13.6. The van der Waals surface area contributed by atoms with Gasteiger partial charge in [-0.25, -0.2) is 0 Å². The number of rotatable bonds is 4. The van der Waals surface area contributed by atoms with E-state index in [-0.39, 0.29) is 0 Å². The van der Waals surface area contributed by atoms with Gasteiger partial charge in [-0.3, -0.25) is 4.79 Å². The van der Waals surface area contributed by atoms with Gasteiger partial charge in [-0.15, -0.1) is 0 Å². The molecule has 5 heteroatoms. The Morgan fingerprint density at radius 2 is 2.09 bits per heavy atom. The van der Waals surface area contributed by atoms with Crippen molar-refractivity contribution in [2.24, 2.45) is 5.73 Å².